The van der Waals surface area contributed by atoms with Crippen LogP contribution in [0.5, 0.6) is 0 Å². The Hall–Kier alpha value is -1.50. The summed E-state index contributed by atoms with van der Waals surface area (Å²) in [5, 5.41) is 6.36. The monoisotopic (exact) mass is 377 g/mol. The van der Waals surface area contributed by atoms with Crippen molar-refractivity contribution in [3.63, 3.8) is 0 Å². The smallest absolute Gasteiger partial charge is 0.127 e. The lowest BCUT2D eigenvalue weighted by atomic mass is 10.1. The van der Waals surface area contributed by atoms with Gasteiger partial charge in [0.05, 0.1) is 12.1 Å². The van der Waals surface area contributed by atoms with Crippen molar-refractivity contribution in [2.45, 2.75) is 6.54 Å². The maximum Gasteiger partial charge on any atom is 0.127 e. The van der Waals surface area contributed by atoms with Gasteiger partial charge in [-0.3, -0.25) is 0 Å². The molecule has 3 N–H and O–H groups in total. The number of hydrogen-bond acceptors (Lipinski definition) is 4. The van der Waals surface area contributed by atoms with Crippen LogP contribution in [-0.2, 0) is 6.54 Å². The first-order valence-electron chi connectivity index (χ1n) is 6.30. The second-order valence-electron chi connectivity index (χ2n) is 4.48. The fraction of sp³-hybridized carbons (Fsp3) is 0.0667. The van der Waals surface area contributed by atoms with Crippen molar-refractivity contribution in [1.29, 1.82) is 0 Å². The van der Waals surface area contributed by atoms with Crippen LogP contribution in [0.2, 0.25) is 0 Å². The number of thiophene rings is 1. The largest absolute Gasteiger partial charge is 0.389 e. The molecule has 6 heteroatoms. The van der Waals surface area contributed by atoms with Crippen molar-refractivity contribution < 1.29 is 0 Å². The molecular weight excluding hydrogens is 366 g/mol. The lowest BCUT2D eigenvalue weighted by molar-refractivity contribution is 1.15. The zero-order valence-corrected chi connectivity index (χ0v) is 14.2. The molecule has 0 unspecified atom stereocenters. The van der Waals surface area contributed by atoms with Crippen molar-refractivity contribution in [1.82, 2.24) is 4.98 Å². The van der Waals surface area contributed by atoms with Gasteiger partial charge in [0.1, 0.15) is 10.8 Å². The van der Waals surface area contributed by atoms with Crippen LogP contribution in [0, 0.1) is 0 Å². The molecule has 3 aromatic rings. The van der Waals surface area contributed by atoms with E-state index in [0.717, 1.165) is 26.8 Å². The van der Waals surface area contributed by atoms with E-state index < -0.39 is 0 Å². The highest BCUT2D eigenvalue weighted by molar-refractivity contribution is 9.10. The van der Waals surface area contributed by atoms with E-state index in [0.29, 0.717) is 11.5 Å². The molecule has 0 aliphatic heterocycles. The summed E-state index contributed by atoms with van der Waals surface area (Å²) in [6, 6.07) is 11.8. The average molecular weight is 378 g/mol. The van der Waals surface area contributed by atoms with Gasteiger partial charge in [-0.15, -0.1) is 11.3 Å². The fourth-order valence-electron chi connectivity index (χ4n) is 2.09. The third-order valence-corrected chi connectivity index (χ3v) is 5.25. The number of benzene rings is 1. The number of thiocarbonyl (C=S) groups is 1. The van der Waals surface area contributed by atoms with Crippen molar-refractivity contribution in [2.75, 3.05) is 5.32 Å². The predicted molar refractivity (Wildman–Crippen MR) is 97.0 cm³/mol. The van der Waals surface area contributed by atoms with E-state index in [1.165, 1.54) is 4.88 Å². The van der Waals surface area contributed by atoms with Gasteiger partial charge in [-0.2, -0.15) is 0 Å². The number of hydrogen-bond donors (Lipinski definition) is 2. The van der Waals surface area contributed by atoms with Gasteiger partial charge < -0.3 is 11.1 Å². The highest BCUT2D eigenvalue weighted by Crippen LogP contribution is 2.25. The number of para-hydroxylation sites is 1. The maximum atomic E-state index is 5.83. The minimum atomic E-state index is 0.383. The molecule has 0 bridgehead atoms. The number of nitrogens with zero attached hydrogens (tertiary/aromatic N) is 1. The third kappa shape index (κ3) is 3.07. The molecule has 106 valence electrons. The van der Waals surface area contributed by atoms with E-state index in [1.54, 1.807) is 11.3 Å². The molecule has 0 saturated carbocycles. The number of aromatic nitrogens is 1. The maximum absolute atomic E-state index is 5.83. The zero-order chi connectivity index (χ0) is 14.8. The van der Waals surface area contributed by atoms with Gasteiger partial charge in [0, 0.05) is 20.3 Å². The van der Waals surface area contributed by atoms with Crippen molar-refractivity contribution >= 4 is 61.2 Å². The van der Waals surface area contributed by atoms with Gasteiger partial charge in [0.15, 0.2) is 0 Å². The van der Waals surface area contributed by atoms with Crippen molar-refractivity contribution in [2.24, 2.45) is 5.73 Å². The van der Waals surface area contributed by atoms with Crippen LogP contribution in [-0.4, -0.2) is 9.97 Å². The molecule has 0 amide bonds. The molecule has 0 saturated heterocycles. The third-order valence-electron chi connectivity index (χ3n) is 3.10. The van der Waals surface area contributed by atoms with Crippen LogP contribution >= 0.6 is 39.5 Å². The van der Waals surface area contributed by atoms with Gasteiger partial charge in [-0.05, 0) is 39.5 Å². The van der Waals surface area contributed by atoms with Crippen LogP contribution < -0.4 is 11.1 Å². The number of anilines is 1. The Morgan fingerprint density at radius 1 is 1.33 bits per heavy atom. The van der Waals surface area contributed by atoms with E-state index >= 15 is 0 Å². The minimum absolute atomic E-state index is 0.383. The Bertz CT molecular complexity index is 814. The normalized spacial score (nSPS) is 10.7. The molecule has 3 nitrogen and oxygen atoms in total. The summed E-state index contributed by atoms with van der Waals surface area (Å²) in [6.45, 7) is 0.709. The summed E-state index contributed by atoms with van der Waals surface area (Å²) in [5.74, 6) is 0.775. The first kappa shape index (κ1) is 14.4. The summed E-state index contributed by atoms with van der Waals surface area (Å²) in [6.07, 6.45) is 0. The standard InChI is InChI=1S/C15H12BrN3S2/c16-11-5-6-21-13(11)8-18-14-7-10(15(17)20)9-3-1-2-4-12(9)19-14/h1-7H,8H2,(H2,17,20)(H,18,19). The van der Waals surface area contributed by atoms with Crippen molar-refractivity contribution in [3.05, 3.63) is 56.7 Å². The van der Waals surface area contributed by atoms with Crippen LogP contribution in [0.3, 0.4) is 0 Å². The zero-order valence-electron chi connectivity index (χ0n) is 11.0. The van der Waals surface area contributed by atoms with E-state index in [9.17, 15) is 0 Å². The Labute approximate surface area is 140 Å². The van der Waals surface area contributed by atoms with Gasteiger partial charge >= 0.3 is 0 Å². The number of halogens is 1. The first-order valence-corrected chi connectivity index (χ1v) is 8.38. The lowest BCUT2D eigenvalue weighted by Gasteiger charge is -2.10. The number of nitrogens with one attached hydrogen (secondary N) is 1. The molecule has 0 radical (unpaired) electrons. The summed E-state index contributed by atoms with van der Waals surface area (Å²) in [4.78, 5) is 6.22. The van der Waals surface area contributed by atoms with Crippen LogP contribution in [0.15, 0.2) is 46.3 Å². The number of fused-ring (bicyclic) bond motifs is 1. The molecule has 2 heterocycles. The lowest BCUT2D eigenvalue weighted by Crippen LogP contribution is -2.11. The average Bonchev–Trinajstić information content (AvgIpc) is 2.89. The van der Waals surface area contributed by atoms with Crippen LogP contribution in [0.1, 0.15) is 10.4 Å². The Morgan fingerprint density at radius 2 is 2.14 bits per heavy atom. The molecule has 0 aliphatic carbocycles. The topological polar surface area (TPSA) is 50.9 Å². The molecule has 21 heavy (non-hydrogen) atoms. The van der Waals surface area contributed by atoms with Gasteiger partial charge in [0.2, 0.25) is 0 Å². The van der Waals surface area contributed by atoms with Crippen molar-refractivity contribution in [3.8, 4) is 0 Å². The van der Waals surface area contributed by atoms with E-state index in [1.807, 2.05) is 36.4 Å². The van der Waals surface area contributed by atoms with Gasteiger partial charge in [-0.1, -0.05) is 30.4 Å². The second kappa shape index (κ2) is 6.09. The molecule has 1 aromatic carbocycles. The summed E-state index contributed by atoms with van der Waals surface area (Å²) in [5.41, 5.74) is 7.57. The first-order chi connectivity index (χ1) is 10.1. The summed E-state index contributed by atoms with van der Waals surface area (Å²) < 4.78 is 1.11. The predicted octanol–water partition coefficient (Wildman–Crippen LogP) is 4.31. The summed E-state index contributed by atoms with van der Waals surface area (Å²) in [7, 11) is 0. The molecule has 0 atom stereocenters. The Morgan fingerprint density at radius 3 is 2.86 bits per heavy atom. The fourth-order valence-corrected chi connectivity index (χ4v) is 3.69. The van der Waals surface area contributed by atoms with E-state index in [4.69, 9.17) is 18.0 Å². The Kier molecular flexibility index (Phi) is 4.19. The molecular formula is C15H12BrN3S2. The van der Waals surface area contributed by atoms with Crippen LogP contribution in [0.4, 0.5) is 5.82 Å². The van der Waals surface area contributed by atoms with Crippen LogP contribution in [0.25, 0.3) is 10.9 Å². The number of nitrogens with two attached hydrogens (primary N) is 1. The second-order valence-corrected chi connectivity index (χ2v) is 6.78. The molecule has 0 aliphatic rings. The molecule has 2 aromatic heterocycles. The van der Waals surface area contributed by atoms with E-state index in [-0.39, 0.29) is 0 Å². The van der Waals surface area contributed by atoms with E-state index in [2.05, 4.69) is 31.6 Å². The van der Waals surface area contributed by atoms with Gasteiger partial charge in [-0.25, -0.2) is 4.98 Å². The summed E-state index contributed by atoms with van der Waals surface area (Å²) >= 11 is 10.4. The quantitative estimate of drug-likeness (QED) is 0.665. The SMILES string of the molecule is NC(=S)c1cc(NCc2sccc2Br)nc2ccccc12. The highest BCUT2D eigenvalue weighted by atomic mass is 79.9. The van der Waals surface area contributed by atoms with Gasteiger partial charge in [0.25, 0.3) is 0 Å². The number of pyridine rings is 1. The Balaban J connectivity index is 1.95. The number of rotatable bonds is 4. The minimum Gasteiger partial charge on any atom is -0.389 e. The molecule has 3 rings (SSSR count). The molecule has 0 spiro atoms. The highest BCUT2D eigenvalue weighted by Gasteiger charge is 2.08. The molecule has 0 fully saturated rings.